The summed E-state index contributed by atoms with van der Waals surface area (Å²) in [5.74, 6) is 1.32. The van der Waals surface area contributed by atoms with E-state index in [2.05, 4.69) is 11.8 Å². The molecule has 0 atom stereocenters. The van der Waals surface area contributed by atoms with Crippen LogP contribution in [-0.2, 0) is 9.59 Å². The first-order valence-corrected chi connectivity index (χ1v) is 14.3. The predicted molar refractivity (Wildman–Crippen MR) is 134 cm³/mol. The van der Waals surface area contributed by atoms with Crippen LogP contribution in [0.4, 0.5) is 0 Å². The molecule has 0 fully saturated rings. The van der Waals surface area contributed by atoms with Gasteiger partial charge >= 0.3 is 11.9 Å². The van der Waals surface area contributed by atoms with E-state index in [1.165, 1.54) is 114 Å². The van der Waals surface area contributed by atoms with Crippen molar-refractivity contribution in [2.75, 3.05) is 11.5 Å². The van der Waals surface area contributed by atoms with E-state index >= 15 is 0 Å². The van der Waals surface area contributed by atoms with Crippen molar-refractivity contribution in [3.05, 3.63) is 0 Å². The van der Waals surface area contributed by atoms with Crippen LogP contribution in [0.2, 0.25) is 0 Å². The Bertz CT molecular complexity index is 365. The van der Waals surface area contributed by atoms with Crippen molar-refractivity contribution in [2.24, 2.45) is 0 Å². The van der Waals surface area contributed by atoms with Crippen LogP contribution in [0, 0.1) is 0 Å². The Morgan fingerprint density at radius 2 is 0.613 bits per heavy atom. The maximum absolute atomic E-state index is 10.4. The van der Waals surface area contributed by atoms with Crippen LogP contribution in [0.5, 0.6) is 0 Å². The Hall–Kier alpha value is -0.710. The molecule has 0 heterocycles. The first-order valence-electron chi connectivity index (χ1n) is 13.1. The Kier molecular flexibility index (Phi) is 25.0. The average molecular weight is 459 g/mol. The Morgan fingerprint density at radius 1 is 0.387 bits per heavy atom. The maximum atomic E-state index is 10.4. The standard InChI is InChI=1S/C26H50O4S/c27-25(28)21-17-13-9-5-1-3-7-11-15-19-23-31-24-20-16-12-8-4-2-6-10-14-18-22-26(29)30/h1-24H2,(H,27,28)(H,29,30). The lowest BCUT2D eigenvalue weighted by Gasteiger charge is -2.04. The van der Waals surface area contributed by atoms with Gasteiger partial charge in [0, 0.05) is 12.8 Å². The van der Waals surface area contributed by atoms with Gasteiger partial charge in [-0.1, -0.05) is 103 Å². The van der Waals surface area contributed by atoms with Crippen molar-refractivity contribution >= 4 is 23.7 Å². The minimum atomic E-state index is -0.663. The second-order valence-electron chi connectivity index (χ2n) is 8.97. The molecule has 0 radical (unpaired) electrons. The number of rotatable bonds is 26. The number of aliphatic carboxylic acids is 2. The third-order valence-electron chi connectivity index (χ3n) is 5.86. The normalized spacial score (nSPS) is 11.1. The maximum Gasteiger partial charge on any atom is 0.303 e. The zero-order valence-electron chi connectivity index (χ0n) is 20.1. The van der Waals surface area contributed by atoms with E-state index in [4.69, 9.17) is 10.2 Å². The Balaban J connectivity index is 3.02. The van der Waals surface area contributed by atoms with Gasteiger partial charge in [0.25, 0.3) is 0 Å². The highest BCUT2D eigenvalue weighted by Crippen LogP contribution is 2.15. The number of carbonyl (C=O) groups is 2. The fourth-order valence-electron chi connectivity index (χ4n) is 3.89. The molecule has 0 amide bonds. The summed E-state index contributed by atoms with van der Waals surface area (Å²) in [5, 5.41) is 17.2. The molecule has 0 saturated heterocycles. The predicted octanol–water partition coefficient (Wildman–Crippen LogP) is 8.47. The number of hydrogen-bond acceptors (Lipinski definition) is 3. The van der Waals surface area contributed by atoms with E-state index < -0.39 is 11.9 Å². The number of thioether (sulfide) groups is 1. The fourth-order valence-corrected chi connectivity index (χ4v) is 4.91. The zero-order valence-corrected chi connectivity index (χ0v) is 20.9. The van der Waals surface area contributed by atoms with Crippen molar-refractivity contribution in [3.8, 4) is 0 Å². The molecule has 0 unspecified atom stereocenters. The summed E-state index contributed by atoms with van der Waals surface area (Å²) in [7, 11) is 0. The van der Waals surface area contributed by atoms with Gasteiger partial charge in [0.05, 0.1) is 0 Å². The molecule has 184 valence electrons. The lowest BCUT2D eigenvalue weighted by Crippen LogP contribution is -1.93. The van der Waals surface area contributed by atoms with Crippen molar-refractivity contribution < 1.29 is 19.8 Å². The zero-order chi connectivity index (χ0) is 22.8. The van der Waals surface area contributed by atoms with E-state index in [1.807, 2.05) is 0 Å². The first kappa shape index (κ1) is 30.3. The molecule has 0 aromatic carbocycles. The molecule has 0 aliphatic heterocycles. The van der Waals surface area contributed by atoms with Crippen LogP contribution in [0.15, 0.2) is 0 Å². The third-order valence-corrected chi connectivity index (χ3v) is 7.01. The number of hydrogen-bond donors (Lipinski definition) is 2. The Labute approximate surface area is 196 Å². The summed E-state index contributed by atoms with van der Waals surface area (Å²) in [6.07, 6.45) is 25.7. The molecule has 0 saturated carbocycles. The Morgan fingerprint density at radius 3 is 0.871 bits per heavy atom. The minimum Gasteiger partial charge on any atom is -0.481 e. The molecule has 2 N–H and O–H groups in total. The summed E-state index contributed by atoms with van der Waals surface area (Å²) in [6, 6.07) is 0. The quantitative estimate of drug-likeness (QED) is 0.127. The lowest BCUT2D eigenvalue weighted by molar-refractivity contribution is -0.138. The van der Waals surface area contributed by atoms with Crippen LogP contribution < -0.4 is 0 Å². The van der Waals surface area contributed by atoms with Crippen molar-refractivity contribution in [2.45, 2.75) is 141 Å². The third kappa shape index (κ3) is 29.3. The van der Waals surface area contributed by atoms with Crippen molar-refractivity contribution in [1.29, 1.82) is 0 Å². The smallest absolute Gasteiger partial charge is 0.303 e. The van der Waals surface area contributed by atoms with Gasteiger partial charge in [0.2, 0.25) is 0 Å². The van der Waals surface area contributed by atoms with E-state index in [1.54, 1.807) is 0 Å². The second kappa shape index (κ2) is 25.5. The molecule has 0 aromatic rings. The van der Waals surface area contributed by atoms with Gasteiger partial charge in [-0.25, -0.2) is 0 Å². The van der Waals surface area contributed by atoms with E-state index in [-0.39, 0.29) is 0 Å². The van der Waals surface area contributed by atoms with E-state index in [0.717, 1.165) is 25.7 Å². The number of carboxylic acids is 2. The van der Waals surface area contributed by atoms with E-state index in [0.29, 0.717) is 12.8 Å². The van der Waals surface area contributed by atoms with Gasteiger partial charge in [-0.2, -0.15) is 11.8 Å². The molecule has 5 heteroatoms. The van der Waals surface area contributed by atoms with E-state index in [9.17, 15) is 9.59 Å². The molecule has 4 nitrogen and oxygen atoms in total. The summed E-state index contributed by atoms with van der Waals surface area (Å²) in [5.41, 5.74) is 0. The molecule has 0 bridgehead atoms. The number of carboxylic acid groups (broad SMARTS) is 2. The van der Waals surface area contributed by atoms with Crippen LogP contribution in [-0.4, -0.2) is 33.7 Å². The monoisotopic (exact) mass is 458 g/mol. The molecular formula is C26H50O4S. The van der Waals surface area contributed by atoms with Crippen molar-refractivity contribution in [1.82, 2.24) is 0 Å². The topological polar surface area (TPSA) is 74.6 Å². The van der Waals surface area contributed by atoms with Crippen LogP contribution >= 0.6 is 11.8 Å². The first-order chi connectivity index (χ1) is 15.1. The van der Waals surface area contributed by atoms with Crippen LogP contribution in [0.1, 0.15) is 141 Å². The van der Waals surface area contributed by atoms with Gasteiger partial charge in [-0.05, 0) is 37.2 Å². The average Bonchev–Trinajstić information content (AvgIpc) is 2.73. The molecular weight excluding hydrogens is 408 g/mol. The molecule has 31 heavy (non-hydrogen) atoms. The molecule has 0 rings (SSSR count). The molecule has 0 spiro atoms. The van der Waals surface area contributed by atoms with Crippen LogP contribution in [0.3, 0.4) is 0 Å². The van der Waals surface area contributed by atoms with Gasteiger partial charge in [-0.3, -0.25) is 9.59 Å². The number of unbranched alkanes of at least 4 members (excludes halogenated alkanes) is 18. The summed E-state index contributed by atoms with van der Waals surface area (Å²) >= 11 is 2.13. The highest BCUT2D eigenvalue weighted by molar-refractivity contribution is 7.99. The van der Waals surface area contributed by atoms with Gasteiger partial charge in [0.15, 0.2) is 0 Å². The van der Waals surface area contributed by atoms with Crippen molar-refractivity contribution in [3.63, 3.8) is 0 Å². The SMILES string of the molecule is O=C(O)CCCCCCCCCCCCSCCCCCCCCCCCCC(=O)O. The highest BCUT2D eigenvalue weighted by Gasteiger charge is 1.98. The van der Waals surface area contributed by atoms with Gasteiger partial charge in [0.1, 0.15) is 0 Å². The van der Waals surface area contributed by atoms with Gasteiger partial charge in [-0.15, -0.1) is 0 Å². The summed E-state index contributed by atoms with van der Waals surface area (Å²) in [6.45, 7) is 0. The second-order valence-corrected chi connectivity index (χ2v) is 10.2. The molecule has 0 aliphatic rings. The summed E-state index contributed by atoms with van der Waals surface area (Å²) in [4.78, 5) is 20.8. The fraction of sp³-hybridized carbons (Fsp3) is 0.923. The molecule has 0 aliphatic carbocycles. The lowest BCUT2D eigenvalue weighted by atomic mass is 10.1. The molecule has 0 aromatic heterocycles. The summed E-state index contributed by atoms with van der Waals surface area (Å²) < 4.78 is 0. The van der Waals surface area contributed by atoms with Crippen LogP contribution in [0.25, 0.3) is 0 Å². The highest BCUT2D eigenvalue weighted by atomic mass is 32.2. The van der Waals surface area contributed by atoms with Gasteiger partial charge < -0.3 is 10.2 Å². The largest absolute Gasteiger partial charge is 0.481 e. The minimum absolute atomic E-state index is 0.331.